The number of hydrogen-bond acceptors (Lipinski definition) is 7. The van der Waals surface area contributed by atoms with Gasteiger partial charge in [0.05, 0.1) is 13.2 Å². The third-order valence-electron chi connectivity index (χ3n) is 6.95. The van der Waals surface area contributed by atoms with Gasteiger partial charge in [0.15, 0.2) is 6.10 Å². The molecular formula is C30H34O6S. The van der Waals surface area contributed by atoms with Crippen molar-refractivity contribution in [2.45, 2.75) is 65.5 Å². The topological polar surface area (TPSA) is 71.1 Å². The fourth-order valence-electron chi connectivity index (χ4n) is 4.76. The molecule has 5 atom stereocenters. The van der Waals surface area contributed by atoms with Crippen molar-refractivity contribution >= 4 is 23.3 Å². The van der Waals surface area contributed by atoms with E-state index in [-0.39, 0.29) is 12.0 Å². The molecule has 0 saturated carbocycles. The van der Waals surface area contributed by atoms with E-state index in [1.54, 1.807) is 18.4 Å². The summed E-state index contributed by atoms with van der Waals surface area (Å²) in [6, 6.07) is 18.6. The molecule has 1 fully saturated rings. The van der Waals surface area contributed by atoms with Crippen molar-refractivity contribution in [1.29, 1.82) is 0 Å². The van der Waals surface area contributed by atoms with E-state index in [4.69, 9.17) is 18.9 Å². The molecule has 7 heteroatoms. The molecule has 1 aliphatic heterocycles. The average Bonchev–Trinajstić information content (AvgIpc) is 3.33. The highest BCUT2D eigenvalue weighted by molar-refractivity contribution is 7.15. The number of ether oxygens (including phenoxy) is 4. The number of rotatable bonds is 7. The number of hydrogen-bond donors (Lipinski definition) is 0. The Hall–Kier alpha value is -3.16. The van der Waals surface area contributed by atoms with Gasteiger partial charge in [0.1, 0.15) is 18.0 Å². The zero-order valence-electron chi connectivity index (χ0n) is 22.1. The van der Waals surface area contributed by atoms with Gasteiger partial charge in [0.25, 0.3) is 0 Å². The van der Waals surface area contributed by atoms with Crippen LogP contribution in [0.1, 0.15) is 55.4 Å². The summed E-state index contributed by atoms with van der Waals surface area (Å²) in [4.78, 5) is 26.3. The number of methoxy groups -OCH3 is 1. The Morgan fingerprint density at radius 2 is 1.59 bits per heavy atom. The lowest BCUT2D eigenvalue weighted by molar-refractivity contribution is -0.222. The summed E-state index contributed by atoms with van der Waals surface area (Å²) in [5.74, 6) is -0.132. The molecule has 3 aromatic rings. The van der Waals surface area contributed by atoms with Crippen LogP contribution in [0, 0.1) is 12.8 Å². The van der Waals surface area contributed by atoms with E-state index >= 15 is 0 Å². The van der Waals surface area contributed by atoms with Crippen LogP contribution in [0.15, 0.2) is 54.6 Å². The van der Waals surface area contributed by atoms with Gasteiger partial charge < -0.3 is 18.9 Å². The van der Waals surface area contributed by atoms with Crippen LogP contribution in [0.25, 0.3) is 10.4 Å². The first-order valence-corrected chi connectivity index (χ1v) is 13.3. The maximum absolute atomic E-state index is 12.0. The Morgan fingerprint density at radius 1 is 0.919 bits per heavy atom. The number of aryl methyl sites for hydroxylation is 1. The minimum absolute atomic E-state index is 0.128. The predicted octanol–water partition coefficient (Wildman–Crippen LogP) is 6.28. The minimum atomic E-state index is -0.730. The van der Waals surface area contributed by atoms with Crippen molar-refractivity contribution in [3.63, 3.8) is 0 Å². The predicted molar refractivity (Wildman–Crippen MR) is 144 cm³/mol. The molecule has 0 spiro atoms. The first-order chi connectivity index (χ1) is 17.7. The van der Waals surface area contributed by atoms with Crippen molar-refractivity contribution in [2.24, 2.45) is 5.92 Å². The summed E-state index contributed by atoms with van der Waals surface area (Å²) in [5.41, 5.74) is 4.39. The Labute approximate surface area is 222 Å². The fraction of sp³-hybridized carbons (Fsp3) is 0.400. The Bertz CT molecular complexity index is 1250. The van der Waals surface area contributed by atoms with Gasteiger partial charge in [-0.15, -0.1) is 11.3 Å². The molecule has 1 saturated heterocycles. The van der Waals surface area contributed by atoms with Crippen LogP contribution in [0.5, 0.6) is 5.75 Å². The molecule has 2 heterocycles. The maximum atomic E-state index is 12.0. The van der Waals surface area contributed by atoms with Gasteiger partial charge in [-0.25, -0.2) is 0 Å². The lowest BCUT2D eigenvalue weighted by atomic mass is 9.85. The monoisotopic (exact) mass is 522 g/mol. The summed E-state index contributed by atoms with van der Waals surface area (Å²) < 4.78 is 23.0. The molecule has 1 aliphatic rings. The molecule has 37 heavy (non-hydrogen) atoms. The second kappa shape index (κ2) is 11.5. The lowest BCUT2D eigenvalue weighted by Gasteiger charge is -2.43. The second-order valence-electron chi connectivity index (χ2n) is 9.63. The zero-order chi connectivity index (χ0) is 26.7. The Kier molecular flexibility index (Phi) is 8.35. The molecule has 2 aromatic carbocycles. The second-order valence-corrected chi connectivity index (χ2v) is 10.8. The summed E-state index contributed by atoms with van der Waals surface area (Å²) in [5, 5.41) is 0. The van der Waals surface area contributed by atoms with Crippen molar-refractivity contribution in [3.8, 4) is 16.2 Å². The number of carbonyl (C=O) groups excluding carboxylic acids is 2. The van der Waals surface area contributed by atoms with Crippen LogP contribution in [0.2, 0.25) is 0 Å². The minimum Gasteiger partial charge on any atom is -0.497 e. The Balaban J connectivity index is 1.61. The smallest absolute Gasteiger partial charge is 0.303 e. The molecule has 0 bridgehead atoms. The first-order valence-electron chi connectivity index (χ1n) is 12.5. The zero-order valence-corrected chi connectivity index (χ0v) is 23.0. The number of carbonyl (C=O) groups is 2. The highest BCUT2D eigenvalue weighted by Crippen LogP contribution is 2.39. The maximum Gasteiger partial charge on any atom is 0.303 e. The van der Waals surface area contributed by atoms with E-state index < -0.39 is 30.3 Å². The van der Waals surface area contributed by atoms with Crippen molar-refractivity contribution in [2.75, 3.05) is 7.11 Å². The first kappa shape index (κ1) is 26.9. The van der Waals surface area contributed by atoms with Crippen molar-refractivity contribution in [1.82, 2.24) is 0 Å². The molecule has 4 rings (SSSR count). The molecule has 1 unspecified atom stereocenters. The third kappa shape index (κ3) is 6.22. The van der Waals surface area contributed by atoms with Crippen LogP contribution in [0.4, 0.5) is 0 Å². The molecule has 0 amide bonds. The SMILES string of the molecule is COc1ccc(-c2ccc(Cc3cc(C4O[C@H](C)[C@@H](C)[C@H](OC(C)=O)[C@H]4OC(C)=O)ccc3C)s2)cc1. The molecule has 0 aliphatic carbocycles. The Morgan fingerprint density at radius 3 is 2.24 bits per heavy atom. The number of thiophene rings is 1. The highest BCUT2D eigenvalue weighted by atomic mass is 32.1. The van der Waals surface area contributed by atoms with E-state index in [0.29, 0.717) is 0 Å². The highest BCUT2D eigenvalue weighted by Gasteiger charge is 2.47. The van der Waals surface area contributed by atoms with Crippen molar-refractivity contribution in [3.05, 3.63) is 76.2 Å². The van der Waals surface area contributed by atoms with E-state index in [0.717, 1.165) is 23.3 Å². The molecule has 0 radical (unpaired) electrons. The van der Waals surface area contributed by atoms with Gasteiger partial charge in [-0.05, 0) is 72.5 Å². The number of benzene rings is 2. The van der Waals surface area contributed by atoms with Crippen LogP contribution >= 0.6 is 11.3 Å². The summed E-state index contributed by atoms with van der Waals surface area (Å²) >= 11 is 1.76. The fourth-order valence-corrected chi connectivity index (χ4v) is 5.79. The standard InChI is InChI=1S/C30H34O6S/c1-17-7-8-23(29-30(36-21(5)32)28(35-20(4)31)18(2)19(3)34-29)15-24(17)16-26-13-14-27(37-26)22-9-11-25(33-6)12-10-22/h7-15,18-19,28-30H,16H2,1-6H3/t18-,19-,28+,29?,30-/m1/s1. The molecule has 6 nitrogen and oxygen atoms in total. The largest absolute Gasteiger partial charge is 0.497 e. The van der Waals surface area contributed by atoms with Crippen LogP contribution in [-0.4, -0.2) is 37.4 Å². The van der Waals surface area contributed by atoms with E-state index in [1.165, 1.54) is 34.7 Å². The summed E-state index contributed by atoms with van der Waals surface area (Å²) in [6.07, 6.45) is -1.28. The summed E-state index contributed by atoms with van der Waals surface area (Å²) in [6.45, 7) is 8.73. The van der Waals surface area contributed by atoms with Gasteiger partial charge >= 0.3 is 11.9 Å². The normalized spacial score (nSPS) is 23.4. The van der Waals surface area contributed by atoms with Gasteiger partial charge in [0, 0.05) is 35.9 Å². The van der Waals surface area contributed by atoms with Gasteiger partial charge in [-0.2, -0.15) is 0 Å². The molecular weight excluding hydrogens is 488 g/mol. The third-order valence-corrected chi connectivity index (χ3v) is 8.08. The molecule has 1 aromatic heterocycles. The quantitative estimate of drug-likeness (QED) is 0.340. The van der Waals surface area contributed by atoms with Gasteiger partial charge in [-0.1, -0.05) is 25.1 Å². The number of esters is 2. The van der Waals surface area contributed by atoms with E-state index in [1.807, 2.05) is 32.0 Å². The lowest BCUT2D eigenvalue weighted by Crippen LogP contribution is -2.52. The average molecular weight is 523 g/mol. The van der Waals surface area contributed by atoms with Crippen molar-refractivity contribution < 1.29 is 28.5 Å². The van der Waals surface area contributed by atoms with Gasteiger partial charge in [0.2, 0.25) is 0 Å². The van der Waals surface area contributed by atoms with Crippen LogP contribution in [0.3, 0.4) is 0 Å². The van der Waals surface area contributed by atoms with Crippen LogP contribution < -0.4 is 4.74 Å². The molecule has 196 valence electrons. The van der Waals surface area contributed by atoms with E-state index in [9.17, 15) is 9.59 Å². The van der Waals surface area contributed by atoms with Gasteiger partial charge in [-0.3, -0.25) is 9.59 Å². The summed E-state index contributed by atoms with van der Waals surface area (Å²) in [7, 11) is 1.67. The van der Waals surface area contributed by atoms with Crippen LogP contribution in [-0.2, 0) is 30.2 Å². The van der Waals surface area contributed by atoms with E-state index in [2.05, 4.69) is 43.3 Å². The molecule has 0 N–H and O–H groups in total.